The topological polar surface area (TPSA) is 24.9 Å². The number of nitrogens with one attached hydrogen (secondary N) is 1. The Bertz CT molecular complexity index is 466. The molecule has 0 saturated carbocycles. The Kier molecular flexibility index (Phi) is 3.42. The molecule has 0 fully saturated rings. The average Bonchev–Trinajstić information content (AvgIpc) is 2.33. The zero-order valence-corrected chi connectivity index (χ0v) is 9.83. The molecule has 0 amide bonds. The molecular formula is C13H13ClN2. The predicted molar refractivity (Wildman–Crippen MR) is 68.3 cm³/mol. The SMILES string of the molecule is Cc1cnccc1Nc1ccc(CCl)cc1. The number of rotatable bonds is 3. The molecule has 0 atom stereocenters. The summed E-state index contributed by atoms with van der Waals surface area (Å²) in [6.45, 7) is 2.03. The molecule has 1 N–H and O–H groups in total. The van der Waals surface area contributed by atoms with Crippen molar-refractivity contribution < 1.29 is 0 Å². The van der Waals surface area contributed by atoms with Crippen LogP contribution >= 0.6 is 11.6 Å². The van der Waals surface area contributed by atoms with Gasteiger partial charge in [0.2, 0.25) is 0 Å². The molecule has 0 bridgehead atoms. The van der Waals surface area contributed by atoms with Crippen LogP contribution in [0.4, 0.5) is 11.4 Å². The number of aromatic nitrogens is 1. The van der Waals surface area contributed by atoms with Crippen molar-refractivity contribution in [2.24, 2.45) is 0 Å². The summed E-state index contributed by atoms with van der Waals surface area (Å²) in [5.74, 6) is 0.550. The zero-order valence-electron chi connectivity index (χ0n) is 9.07. The second-order valence-electron chi connectivity index (χ2n) is 3.65. The lowest BCUT2D eigenvalue weighted by Gasteiger charge is -2.09. The van der Waals surface area contributed by atoms with Crippen molar-refractivity contribution in [2.45, 2.75) is 12.8 Å². The highest BCUT2D eigenvalue weighted by Crippen LogP contribution is 2.19. The third-order valence-electron chi connectivity index (χ3n) is 2.41. The van der Waals surface area contributed by atoms with Gasteiger partial charge in [-0.25, -0.2) is 0 Å². The van der Waals surface area contributed by atoms with E-state index < -0.39 is 0 Å². The van der Waals surface area contributed by atoms with Crippen molar-refractivity contribution in [3.8, 4) is 0 Å². The fourth-order valence-corrected chi connectivity index (χ4v) is 1.62. The standard InChI is InChI=1S/C13H13ClN2/c1-10-9-15-7-6-13(10)16-12-4-2-11(8-14)3-5-12/h2-7,9H,8H2,1H3,(H,15,16). The van der Waals surface area contributed by atoms with Gasteiger partial charge in [0.1, 0.15) is 0 Å². The molecule has 0 radical (unpaired) electrons. The van der Waals surface area contributed by atoms with E-state index in [1.807, 2.05) is 43.5 Å². The van der Waals surface area contributed by atoms with E-state index in [-0.39, 0.29) is 0 Å². The number of pyridine rings is 1. The molecule has 0 aliphatic carbocycles. The van der Waals surface area contributed by atoms with Crippen molar-refractivity contribution in [1.82, 2.24) is 4.98 Å². The third-order valence-corrected chi connectivity index (χ3v) is 2.72. The van der Waals surface area contributed by atoms with E-state index in [0.717, 1.165) is 22.5 Å². The molecule has 0 unspecified atom stereocenters. The van der Waals surface area contributed by atoms with Crippen molar-refractivity contribution in [2.75, 3.05) is 5.32 Å². The van der Waals surface area contributed by atoms with E-state index in [0.29, 0.717) is 5.88 Å². The van der Waals surface area contributed by atoms with E-state index in [9.17, 15) is 0 Å². The lowest BCUT2D eigenvalue weighted by Crippen LogP contribution is -1.93. The molecule has 16 heavy (non-hydrogen) atoms. The molecule has 0 aliphatic heterocycles. The van der Waals surface area contributed by atoms with Crippen LogP contribution in [-0.2, 0) is 5.88 Å². The van der Waals surface area contributed by atoms with Crippen LogP contribution in [0.1, 0.15) is 11.1 Å². The van der Waals surface area contributed by atoms with Crippen molar-refractivity contribution in [3.63, 3.8) is 0 Å². The molecule has 1 aromatic heterocycles. The van der Waals surface area contributed by atoms with Gasteiger partial charge >= 0.3 is 0 Å². The van der Waals surface area contributed by atoms with Crippen molar-refractivity contribution in [3.05, 3.63) is 53.9 Å². The number of halogens is 1. The van der Waals surface area contributed by atoms with Crippen LogP contribution in [0.2, 0.25) is 0 Å². The highest BCUT2D eigenvalue weighted by Gasteiger charge is 1.98. The van der Waals surface area contributed by atoms with Gasteiger partial charge in [-0.2, -0.15) is 0 Å². The van der Waals surface area contributed by atoms with Gasteiger partial charge in [-0.1, -0.05) is 12.1 Å². The average molecular weight is 233 g/mol. The molecular weight excluding hydrogens is 220 g/mol. The fraction of sp³-hybridized carbons (Fsp3) is 0.154. The maximum atomic E-state index is 5.74. The lowest BCUT2D eigenvalue weighted by atomic mass is 10.2. The number of alkyl halides is 1. The summed E-state index contributed by atoms with van der Waals surface area (Å²) < 4.78 is 0. The molecule has 1 heterocycles. The maximum Gasteiger partial charge on any atom is 0.0474 e. The minimum Gasteiger partial charge on any atom is -0.355 e. The molecule has 0 saturated heterocycles. The summed E-state index contributed by atoms with van der Waals surface area (Å²) in [5.41, 5.74) is 4.39. The van der Waals surface area contributed by atoms with Crippen LogP contribution < -0.4 is 5.32 Å². The summed E-state index contributed by atoms with van der Waals surface area (Å²) in [4.78, 5) is 4.06. The van der Waals surface area contributed by atoms with Crippen LogP contribution in [0.25, 0.3) is 0 Å². The predicted octanol–water partition coefficient (Wildman–Crippen LogP) is 3.87. The largest absolute Gasteiger partial charge is 0.355 e. The number of hydrogen-bond donors (Lipinski definition) is 1. The Hall–Kier alpha value is -1.54. The molecule has 82 valence electrons. The summed E-state index contributed by atoms with van der Waals surface area (Å²) in [7, 11) is 0. The second kappa shape index (κ2) is 4.99. The van der Waals surface area contributed by atoms with Crippen LogP contribution in [0.15, 0.2) is 42.7 Å². The highest BCUT2D eigenvalue weighted by molar-refractivity contribution is 6.17. The molecule has 2 nitrogen and oxygen atoms in total. The fourth-order valence-electron chi connectivity index (χ4n) is 1.45. The first-order valence-corrected chi connectivity index (χ1v) is 5.65. The number of hydrogen-bond acceptors (Lipinski definition) is 2. The van der Waals surface area contributed by atoms with E-state index in [4.69, 9.17) is 11.6 Å². The summed E-state index contributed by atoms with van der Waals surface area (Å²) in [6.07, 6.45) is 3.62. The number of benzene rings is 1. The lowest BCUT2D eigenvalue weighted by molar-refractivity contribution is 1.26. The molecule has 0 aliphatic rings. The smallest absolute Gasteiger partial charge is 0.0474 e. The van der Waals surface area contributed by atoms with Gasteiger partial charge in [0, 0.05) is 29.6 Å². The molecule has 1 aromatic carbocycles. The Morgan fingerprint density at radius 1 is 1.19 bits per heavy atom. The molecule has 2 rings (SSSR count). The Morgan fingerprint density at radius 3 is 2.56 bits per heavy atom. The van der Waals surface area contributed by atoms with Crippen LogP contribution in [0, 0.1) is 6.92 Å². The zero-order chi connectivity index (χ0) is 11.4. The quantitative estimate of drug-likeness (QED) is 0.813. The molecule has 0 spiro atoms. The van der Waals surface area contributed by atoms with Gasteiger partial charge in [0.05, 0.1) is 0 Å². The van der Waals surface area contributed by atoms with Crippen LogP contribution in [0.3, 0.4) is 0 Å². The van der Waals surface area contributed by atoms with E-state index in [1.165, 1.54) is 0 Å². The first-order chi connectivity index (χ1) is 7.79. The minimum atomic E-state index is 0.550. The van der Waals surface area contributed by atoms with Gasteiger partial charge in [-0.3, -0.25) is 4.98 Å². The Morgan fingerprint density at radius 2 is 1.94 bits per heavy atom. The first-order valence-electron chi connectivity index (χ1n) is 5.12. The summed E-state index contributed by atoms with van der Waals surface area (Å²) in [6, 6.07) is 10.1. The second-order valence-corrected chi connectivity index (χ2v) is 3.91. The number of anilines is 2. The summed E-state index contributed by atoms with van der Waals surface area (Å²) in [5, 5.41) is 3.34. The molecule has 3 heteroatoms. The highest BCUT2D eigenvalue weighted by atomic mass is 35.5. The van der Waals surface area contributed by atoms with Crippen LogP contribution in [-0.4, -0.2) is 4.98 Å². The van der Waals surface area contributed by atoms with Crippen molar-refractivity contribution >= 4 is 23.0 Å². The number of nitrogens with zero attached hydrogens (tertiary/aromatic N) is 1. The minimum absolute atomic E-state index is 0.550. The van der Waals surface area contributed by atoms with Gasteiger partial charge < -0.3 is 5.32 Å². The van der Waals surface area contributed by atoms with Crippen LogP contribution in [0.5, 0.6) is 0 Å². The van der Waals surface area contributed by atoms with Crippen molar-refractivity contribution in [1.29, 1.82) is 0 Å². The normalized spacial score (nSPS) is 10.1. The Balaban J connectivity index is 2.18. The van der Waals surface area contributed by atoms with Gasteiger partial charge in [0.15, 0.2) is 0 Å². The van der Waals surface area contributed by atoms with Gasteiger partial charge in [0.25, 0.3) is 0 Å². The van der Waals surface area contributed by atoms with E-state index in [2.05, 4.69) is 10.3 Å². The maximum absolute atomic E-state index is 5.74. The summed E-state index contributed by atoms with van der Waals surface area (Å²) >= 11 is 5.74. The van der Waals surface area contributed by atoms with Gasteiger partial charge in [-0.05, 0) is 36.2 Å². The molecule has 2 aromatic rings. The third kappa shape index (κ3) is 2.52. The Labute approximate surface area is 100 Å². The van der Waals surface area contributed by atoms with Gasteiger partial charge in [-0.15, -0.1) is 11.6 Å². The number of aryl methyl sites for hydroxylation is 1. The monoisotopic (exact) mass is 232 g/mol. The van der Waals surface area contributed by atoms with E-state index in [1.54, 1.807) is 6.20 Å². The van der Waals surface area contributed by atoms with E-state index >= 15 is 0 Å². The first kappa shape index (κ1) is 11.0.